The van der Waals surface area contributed by atoms with E-state index in [-0.39, 0.29) is 103 Å². The van der Waals surface area contributed by atoms with Gasteiger partial charge in [0, 0.05) is 129 Å². The smallest absolute Gasteiger partial charge is 0.239 e. The third-order valence-corrected chi connectivity index (χ3v) is 24.3. The van der Waals surface area contributed by atoms with Crippen LogP contribution in [0.4, 0.5) is 0 Å². The summed E-state index contributed by atoms with van der Waals surface area (Å²) in [5.41, 5.74) is 6.52. The minimum atomic E-state index is -0.0857. The summed E-state index contributed by atoms with van der Waals surface area (Å²) in [5, 5.41) is 14.1. The predicted octanol–water partition coefficient (Wildman–Crippen LogP) is 11.7. The van der Waals surface area contributed by atoms with Gasteiger partial charge in [0.05, 0.1) is 12.2 Å². The molecule has 0 unspecified atom stereocenters. The van der Waals surface area contributed by atoms with Crippen LogP contribution in [-0.4, -0.2) is 220 Å². The zero-order valence-electron chi connectivity index (χ0n) is 61.2. The molecule has 500 valence electrons. The van der Waals surface area contributed by atoms with E-state index < -0.39 is 0 Å². The van der Waals surface area contributed by atoms with Crippen molar-refractivity contribution in [2.45, 2.75) is 353 Å². The summed E-state index contributed by atoms with van der Waals surface area (Å²) in [5.74, 6) is 3.08. The lowest BCUT2D eigenvalue weighted by Crippen LogP contribution is -2.64. The minimum Gasteiger partial charge on any atom is -0.474 e. The van der Waals surface area contributed by atoms with E-state index in [1.807, 2.05) is 0 Å². The van der Waals surface area contributed by atoms with Gasteiger partial charge in [-0.2, -0.15) is 0 Å². The lowest BCUT2D eigenvalue weighted by atomic mass is 9.76. The van der Waals surface area contributed by atoms with Crippen molar-refractivity contribution in [2.24, 2.45) is 10.2 Å². The van der Waals surface area contributed by atoms with Gasteiger partial charge in [-0.1, -0.05) is 15.7 Å². The molecule has 0 aromatic rings. The Bertz CT molecular complexity index is 2470. The van der Waals surface area contributed by atoms with Crippen LogP contribution >= 0.6 is 0 Å². The van der Waals surface area contributed by atoms with Gasteiger partial charge in [-0.05, 0) is 266 Å². The van der Waals surface area contributed by atoms with E-state index in [0.29, 0.717) is 11.8 Å². The highest BCUT2D eigenvalue weighted by Gasteiger charge is 2.52. The van der Waals surface area contributed by atoms with Crippen LogP contribution < -0.4 is 10.9 Å². The van der Waals surface area contributed by atoms with Crippen LogP contribution in [0.5, 0.6) is 0 Å². The van der Waals surface area contributed by atoms with Crippen LogP contribution in [0, 0.1) is 0 Å². The summed E-state index contributed by atoms with van der Waals surface area (Å²) >= 11 is 0. The molecule has 2 N–H and O–H groups in total. The van der Waals surface area contributed by atoms with Crippen LogP contribution in [0.15, 0.2) is 34.1 Å². The molecule has 87 heavy (non-hydrogen) atoms. The van der Waals surface area contributed by atoms with E-state index >= 15 is 0 Å². The summed E-state index contributed by atoms with van der Waals surface area (Å²) in [6, 6.07) is 0.336. The molecule has 0 aromatic carbocycles. The number of amidine groups is 1. The number of ether oxygens (including phenoxy) is 2. The quantitative estimate of drug-likeness (QED) is 0.172. The SMILES string of the molecule is CN1C(C)(C)CC(OC2=CC(N(CCCN(C3=CC(OC4CC(C)(C)N(C)C(C)(C)C4)=NN(OC4CC(C)(C)N(C)C(C)(C)C4)N3)C3CC(C)(C)N(C)C(C)(C)C3)C3CC(C)(C)N(C)C(C)(C)C3)=NN(OC3CC(C)(C)N(C)C(C)(C)C3)N2)CC1(C)C. The predicted molar refractivity (Wildman–Crippen MR) is 357 cm³/mol. The molecule has 0 bridgehead atoms. The molecule has 6 saturated heterocycles. The standard InChI is InChI=1S/C69H130N14O4/c1-58(2)36-48(37-59(3,4)74(58)25)80(54-34-56(84-50-40-62(9,10)76(27)63(11,12)41-50)72-82(70-54)86-52-44-66(17,18)78(29)67(19,20)45-52)32-31-33-81(49-38-60(5,6)75(26)61(7,8)39-49)55-35-57(85-51-42-64(13,14)77(28)65(15,16)43-51)73-83(71-55)87-53-46-68(21,22)79(30)69(23,24)47-53/h34-35,48-53,70,73H,31-33,36-47H2,1-30H3. The fourth-order valence-corrected chi connectivity index (χ4v) is 17.8. The number of hydrazone groups is 2. The molecule has 0 spiro atoms. The topological polar surface area (TPSA) is 118 Å². The fourth-order valence-electron chi connectivity index (χ4n) is 17.8. The van der Waals surface area contributed by atoms with Crippen molar-refractivity contribution in [3.05, 3.63) is 23.9 Å². The molecule has 8 heterocycles. The van der Waals surface area contributed by atoms with Crippen molar-refractivity contribution in [3.8, 4) is 0 Å². The van der Waals surface area contributed by atoms with Crippen molar-refractivity contribution < 1.29 is 19.1 Å². The van der Waals surface area contributed by atoms with E-state index in [2.05, 4.69) is 271 Å². The molecule has 18 nitrogen and oxygen atoms in total. The van der Waals surface area contributed by atoms with Crippen LogP contribution in [0.1, 0.15) is 250 Å². The zero-order chi connectivity index (χ0) is 65.2. The van der Waals surface area contributed by atoms with E-state index in [1.165, 1.54) is 0 Å². The largest absolute Gasteiger partial charge is 0.474 e. The number of rotatable bonds is 14. The van der Waals surface area contributed by atoms with Crippen molar-refractivity contribution in [1.82, 2.24) is 60.6 Å². The van der Waals surface area contributed by atoms with Gasteiger partial charge in [-0.15, -0.1) is 5.10 Å². The van der Waals surface area contributed by atoms with Crippen molar-refractivity contribution in [2.75, 3.05) is 55.4 Å². The Morgan fingerprint density at radius 3 is 1.01 bits per heavy atom. The highest BCUT2D eigenvalue weighted by Crippen LogP contribution is 2.46. The number of piperidine rings is 6. The van der Waals surface area contributed by atoms with E-state index in [1.54, 1.807) is 10.6 Å². The summed E-state index contributed by atoms with van der Waals surface area (Å²) in [4.78, 5) is 34.8. The van der Waals surface area contributed by atoms with Gasteiger partial charge in [-0.3, -0.25) is 29.4 Å². The summed E-state index contributed by atoms with van der Waals surface area (Å²) in [6.45, 7) is 58.3. The van der Waals surface area contributed by atoms with Crippen LogP contribution in [0.3, 0.4) is 0 Å². The normalized spacial score (nSPS) is 29.9. The molecule has 8 aliphatic heterocycles. The first-order valence-corrected chi connectivity index (χ1v) is 33.8. The van der Waals surface area contributed by atoms with Crippen LogP contribution in [0.2, 0.25) is 0 Å². The molecule has 18 heteroatoms. The van der Waals surface area contributed by atoms with Gasteiger partial charge in [-0.25, -0.2) is 20.5 Å². The maximum Gasteiger partial charge on any atom is 0.239 e. The van der Waals surface area contributed by atoms with E-state index in [4.69, 9.17) is 29.4 Å². The van der Waals surface area contributed by atoms with Crippen molar-refractivity contribution >= 4 is 11.7 Å². The molecular formula is C69H130N14O4. The average molecular weight is 1220 g/mol. The van der Waals surface area contributed by atoms with E-state index in [0.717, 1.165) is 108 Å². The highest BCUT2D eigenvalue weighted by atomic mass is 16.8. The fraction of sp³-hybridized carbons (Fsp3) is 0.913. The first-order chi connectivity index (χ1) is 39.4. The van der Waals surface area contributed by atoms with Gasteiger partial charge in [0.25, 0.3) is 0 Å². The molecule has 0 amide bonds. The van der Waals surface area contributed by atoms with Crippen molar-refractivity contribution in [1.29, 1.82) is 0 Å². The van der Waals surface area contributed by atoms with Crippen LogP contribution in [-0.2, 0) is 19.1 Å². The van der Waals surface area contributed by atoms with Gasteiger partial charge in [0.2, 0.25) is 11.8 Å². The third-order valence-electron chi connectivity index (χ3n) is 24.3. The maximum atomic E-state index is 7.28. The second kappa shape index (κ2) is 23.5. The molecule has 8 rings (SSSR count). The summed E-state index contributed by atoms with van der Waals surface area (Å²) in [7, 11) is 13.6. The Labute approximate surface area is 531 Å². The van der Waals surface area contributed by atoms with E-state index in [9.17, 15) is 0 Å². The summed E-state index contributed by atoms with van der Waals surface area (Å²) < 4.78 is 14.5. The lowest BCUT2D eigenvalue weighted by molar-refractivity contribution is -0.259. The number of likely N-dealkylation sites (tertiary alicyclic amines) is 6. The Balaban J connectivity index is 1.20. The second-order valence-electron chi connectivity index (χ2n) is 36.2. The molecule has 0 radical (unpaired) electrons. The second-order valence-corrected chi connectivity index (χ2v) is 36.2. The number of hydrogen-bond donors (Lipinski definition) is 2. The number of hydrogen-bond acceptors (Lipinski definition) is 18. The third kappa shape index (κ3) is 14.9. The van der Waals surface area contributed by atoms with Crippen LogP contribution in [0.25, 0.3) is 0 Å². The van der Waals surface area contributed by atoms with Gasteiger partial charge >= 0.3 is 0 Å². The first kappa shape index (κ1) is 69.8. The molecule has 0 saturated carbocycles. The Morgan fingerprint density at radius 1 is 0.368 bits per heavy atom. The molecule has 0 aliphatic carbocycles. The molecule has 6 fully saturated rings. The minimum absolute atomic E-state index is 0.0225. The molecule has 0 aromatic heterocycles. The number of nitrogens with one attached hydrogen (secondary N) is 2. The average Bonchev–Trinajstić information content (AvgIpc) is 0.906. The summed E-state index contributed by atoms with van der Waals surface area (Å²) in [6.07, 6.45) is 15.9. The monoisotopic (exact) mass is 1220 g/mol. The molecular weight excluding hydrogens is 1090 g/mol. The van der Waals surface area contributed by atoms with Gasteiger partial charge in [0.15, 0.2) is 5.84 Å². The zero-order valence-corrected chi connectivity index (χ0v) is 61.2. The lowest BCUT2D eigenvalue weighted by Gasteiger charge is -2.57. The first-order valence-electron chi connectivity index (χ1n) is 33.8. The Kier molecular flexibility index (Phi) is 18.8. The maximum absolute atomic E-state index is 7.28. The molecule has 8 aliphatic rings. The molecule has 0 atom stereocenters. The Morgan fingerprint density at radius 2 is 0.655 bits per heavy atom. The Hall–Kier alpha value is -3.10. The highest BCUT2D eigenvalue weighted by molar-refractivity contribution is 5.93. The van der Waals surface area contributed by atoms with Gasteiger partial charge in [0.1, 0.15) is 18.0 Å². The number of nitrogens with zero attached hydrogens (tertiary/aromatic N) is 12. The number of hydrazine groups is 2. The van der Waals surface area contributed by atoms with Gasteiger partial charge < -0.3 is 19.3 Å². The van der Waals surface area contributed by atoms with Crippen molar-refractivity contribution in [3.63, 3.8) is 0 Å².